The van der Waals surface area contributed by atoms with Gasteiger partial charge in [0.05, 0.1) is 6.10 Å². The maximum absolute atomic E-state index is 13.2. The molecule has 20 heavy (non-hydrogen) atoms. The smallest absolute Gasteiger partial charge is 0.226 e. The first-order valence-corrected chi connectivity index (χ1v) is 7.01. The summed E-state index contributed by atoms with van der Waals surface area (Å²) in [6, 6.07) is 6.24. The van der Waals surface area contributed by atoms with Crippen LogP contribution in [0.1, 0.15) is 19.4 Å². The van der Waals surface area contributed by atoms with E-state index >= 15 is 0 Å². The van der Waals surface area contributed by atoms with Gasteiger partial charge in [0, 0.05) is 23.3 Å². The summed E-state index contributed by atoms with van der Waals surface area (Å²) in [7, 11) is 0. The lowest BCUT2D eigenvalue weighted by Crippen LogP contribution is -2.09. The Bertz CT molecular complexity index is 592. The van der Waals surface area contributed by atoms with Crippen LogP contribution >= 0.6 is 15.9 Å². The van der Waals surface area contributed by atoms with Crippen molar-refractivity contribution in [3.05, 3.63) is 46.3 Å². The average molecular weight is 340 g/mol. The van der Waals surface area contributed by atoms with Gasteiger partial charge in [0.1, 0.15) is 5.82 Å². The van der Waals surface area contributed by atoms with E-state index in [-0.39, 0.29) is 11.9 Å². The van der Waals surface area contributed by atoms with Crippen LogP contribution in [0.5, 0.6) is 5.88 Å². The minimum atomic E-state index is -0.275. The summed E-state index contributed by atoms with van der Waals surface area (Å²) in [5, 5.41) is 3.04. The molecule has 0 bridgehead atoms. The molecule has 0 unspecified atom stereocenters. The Morgan fingerprint density at radius 3 is 2.90 bits per heavy atom. The second-order valence-corrected chi connectivity index (χ2v) is 5.33. The number of nitrogens with one attached hydrogen (secondary N) is 1. The van der Waals surface area contributed by atoms with Crippen molar-refractivity contribution in [1.29, 1.82) is 0 Å². The van der Waals surface area contributed by atoms with Crippen molar-refractivity contribution in [3.8, 4) is 5.88 Å². The number of anilines is 1. The molecule has 0 radical (unpaired) electrons. The SMILES string of the molecule is CC(C)Oc1ccnc(NCc2cc(F)ccc2Br)n1. The van der Waals surface area contributed by atoms with E-state index in [1.54, 1.807) is 18.3 Å². The fourth-order valence-electron chi connectivity index (χ4n) is 1.59. The summed E-state index contributed by atoms with van der Waals surface area (Å²) >= 11 is 3.38. The fraction of sp³-hybridized carbons (Fsp3) is 0.286. The van der Waals surface area contributed by atoms with E-state index in [4.69, 9.17) is 4.74 Å². The molecule has 0 amide bonds. The summed E-state index contributed by atoms with van der Waals surface area (Å²) in [6.45, 7) is 4.28. The minimum absolute atomic E-state index is 0.0510. The van der Waals surface area contributed by atoms with E-state index < -0.39 is 0 Å². The lowest BCUT2D eigenvalue weighted by Gasteiger charge is -2.10. The topological polar surface area (TPSA) is 47.0 Å². The maximum Gasteiger partial charge on any atom is 0.226 e. The van der Waals surface area contributed by atoms with Gasteiger partial charge in [-0.25, -0.2) is 9.37 Å². The molecule has 1 aromatic heterocycles. The molecule has 0 saturated carbocycles. The van der Waals surface area contributed by atoms with Crippen molar-refractivity contribution >= 4 is 21.9 Å². The van der Waals surface area contributed by atoms with Crippen LogP contribution in [0.25, 0.3) is 0 Å². The van der Waals surface area contributed by atoms with Gasteiger partial charge in [-0.1, -0.05) is 15.9 Å². The Kier molecular flexibility index (Phi) is 4.89. The molecule has 0 spiro atoms. The van der Waals surface area contributed by atoms with Crippen LogP contribution in [-0.2, 0) is 6.54 Å². The lowest BCUT2D eigenvalue weighted by atomic mass is 10.2. The van der Waals surface area contributed by atoms with Gasteiger partial charge in [-0.2, -0.15) is 4.98 Å². The molecule has 1 heterocycles. The number of halogens is 2. The molecular weight excluding hydrogens is 325 g/mol. The molecule has 1 aromatic carbocycles. The number of benzene rings is 1. The molecule has 2 rings (SSSR count). The summed E-state index contributed by atoms with van der Waals surface area (Å²) in [6.07, 6.45) is 1.67. The predicted molar refractivity (Wildman–Crippen MR) is 79.2 cm³/mol. The highest BCUT2D eigenvalue weighted by molar-refractivity contribution is 9.10. The van der Waals surface area contributed by atoms with Crippen molar-refractivity contribution in [2.45, 2.75) is 26.5 Å². The van der Waals surface area contributed by atoms with Gasteiger partial charge in [0.15, 0.2) is 0 Å². The lowest BCUT2D eigenvalue weighted by molar-refractivity contribution is 0.232. The number of nitrogens with zero attached hydrogens (tertiary/aromatic N) is 2. The zero-order valence-corrected chi connectivity index (χ0v) is 12.8. The van der Waals surface area contributed by atoms with Gasteiger partial charge in [-0.05, 0) is 37.6 Å². The van der Waals surface area contributed by atoms with Gasteiger partial charge in [0.2, 0.25) is 11.8 Å². The van der Waals surface area contributed by atoms with Gasteiger partial charge in [-0.15, -0.1) is 0 Å². The van der Waals surface area contributed by atoms with Crippen molar-refractivity contribution in [2.24, 2.45) is 0 Å². The number of hydrogen-bond acceptors (Lipinski definition) is 4. The van der Waals surface area contributed by atoms with E-state index in [0.29, 0.717) is 18.4 Å². The summed E-state index contributed by atoms with van der Waals surface area (Å²) in [4.78, 5) is 8.33. The number of ether oxygens (including phenoxy) is 1. The van der Waals surface area contributed by atoms with Crippen molar-refractivity contribution < 1.29 is 9.13 Å². The highest BCUT2D eigenvalue weighted by Gasteiger charge is 2.05. The molecule has 6 heteroatoms. The van der Waals surface area contributed by atoms with Gasteiger partial charge in [0.25, 0.3) is 0 Å². The first-order chi connectivity index (χ1) is 9.54. The minimum Gasteiger partial charge on any atom is -0.475 e. The van der Waals surface area contributed by atoms with Crippen LogP contribution in [0.15, 0.2) is 34.9 Å². The van der Waals surface area contributed by atoms with Gasteiger partial charge in [-0.3, -0.25) is 0 Å². The summed E-state index contributed by atoms with van der Waals surface area (Å²) in [5.74, 6) is 0.679. The third-order valence-corrected chi connectivity index (χ3v) is 3.20. The molecule has 4 nitrogen and oxygen atoms in total. The van der Waals surface area contributed by atoms with Crippen molar-refractivity contribution in [2.75, 3.05) is 5.32 Å². The molecular formula is C14H15BrFN3O. The highest BCUT2D eigenvalue weighted by atomic mass is 79.9. The molecule has 106 valence electrons. The first-order valence-electron chi connectivity index (χ1n) is 6.22. The Morgan fingerprint density at radius 2 is 2.15 bits per heavy atom. The number of aromatic nitrogens is 2. The summed E-state index contributed by atoms with van der Waals surface area (Å²) < 4.78 is 19.5. The quantitative estimate of drug-likeness (QED) is 0.900. The van der Waals surface area contributed by atoms with E-state index in [1.165, 1.54) is 12.1 Å². The predicted octanol–water partition coefficient (Wildman–Crippen LogP) is 3.78. The van der Waals surface area contributed by atoms with E-state index in [2.05, 4.69) is 31.2 Å². The third kappa shape index (κ3) is 4.16. The largest absolute Gasteiger partial charge is 0.475 e. The molecule has 0 saturated heterocycles. The molecule has 2 aromatic rings. The number of rotatable bonds is 5. The molecule has 0 fully saturated rings. The van der Waals surface area contributed by atoms with Crippen LogP contribution in [0.3, 0.4) is 0 Å². The Labute approximate surface area is 125 Å². The van der Waals surface area contributed by atoms with E-state index in [0.717, 1.165) is 10.0 Å². The van der Waals surface area contributed by atoms with Crippen LogP contribution in [-0.4, -0.2) is 16.1 Å². The second-order valence-electron chi connectivity index (χ2n) is 4.47. The van der Waals surface area contributed by atoms with Crippen LogP contribution in [0.2, 0.25) is 0 Å². The number of hydrogen-bond donors (Lipinski definition) is 1. The van der Waals surface area contributed by atoms with Gasteiger partial charge < -0.3 is 10.1 Å². The van der Waals surface area contributed by atoms with Crippen LogP contribution in [0.4, 0.5) is 10.3 Å². The fourth-order valence-corrected chi connectivity index (χ4v) is 1.97. The maximum atomic E-state index is 13.2. The van der Waals surface area contributed by atoms with Crippen molar-refractivity contribution in [1.82, 2.24) is 9.97 Å². The highest BCUT2D eigenvalue weighted by Crippen LogP contribution is 2.19. The first kappa shape index (κ1) is 14.7. The molecule has 1 N–H and O–H groups in total. The van der Waals surface area contributed by atoms with Gasteiger partial charge >= 0.3 is 0 Å². The zero-order chi connectivity index (χ0) is 14.5. The van der Waals surface area contributed by atoms with E-state index in [9.17, 15) is 4.39 Å². The average Bonchev–Trinajstić information content (AvgIpc) is 2.39. The summed E-state index contributed by atoms with van der Waals surface area (Å²) in [5.41, 5.74) is 0.795. The van der Waals surface area contributed by atoms with E-state index in [1.807, 2.05) is 13.8 Å². The molecule has 0 aliphatic rings. The molecule has 0 aliphatic carbocycles. The molecule has 0 aliphatic heterocycles. The second kappa shape index (κ2) is 6.65. The monoisotopic (exact) mass is 339 g/mol. The zero-order valence-electron chi connectivity index (χ0n) is 11.2. The Hall–Kier alpha value is -1.69. The Morgan fingerprint density at radius 1 is 1.35 bits per heavy atom. The third-order valence-electron chi connectivity index (χ3n) is 2.43. The van der Waals surface area contributed by atoms with Crippen LogP contribution < -0.4 is 10.1 Å². The molecule has 0 atom stereocenters. The van der Waals surface area contributed by atoms with Crippen LogP contribution in [0, 0.1) is 5.82 Å². The standard InChI is InChI=1S/C14H15BrFN3O/c1-9(2)20-13-5-6-17-14(19-13)18-8-10-7-11(16)3-4-12(10)15/h3-7,9H,8H2,1-2H3,(H,17,18,19). The Balaban J connectivity index is 2.05. The van der Waals surface area contributed by atoms with Crippen molar-refractivity contribution in [3.63, 3.8) is 0 Å². The normalized spacial score (nSPS) is 10.7.